The number of fused-ring (bicyclic) bond motifs is 1. The normalized spacial score (nSPS) is 16.9. The molecule has 1 aliphatic heterocycles. The number of nitrogens with one attached hydrogen (secondary N) is 2. The predicted molar refractivity (Wildman–Crippen MR) is 94.2 cm³/mol. The van der Waals surface area contributed by atoms with E-state index in [1.807, 2.05) is 24.4 Å². The van der Waals surface area contributed by atoms with Crippen molar-refractivity contribution in [1.82, 2.24) is 10.3 Å². The van der Waals surface area contributed by atoms with E-state index in [0.29, 0.717) is 19.4 Å². The second-order valence-corrected chi connectivity index (χ2v) is 6.31. The highest BCUT2D eigenvalue weighted by Gasteiger charge is 2.16. The van der Waals surface area contributed by atoms with Crippen molar-refractivity contribution in [2.45, 2.75) is 38.2 Å². The Morgan fingerprint density at radius 3 is 3.04 bits per heavy atom. The van der Waals surface area contributed by atoms with Crippen molar-refractivity contribution >= 4 is 22.8 Å². The van der Waals surface area contributed by atoms with Crippen LogP contribution in [0.4, 0.5) is 0 Å². The molecule has 1 unspecified atom stereocenters. The number of para-hydroxylation sites is 1. The van der Waals surface area contributed by atoms with Gasteiger partial charge >= 0.3 is 5.97 Å². The van der Waals surface area contributed by atoms with Gasteiger partial charge in [0.2, 0.25) is 0 Å². The van der Waals surface area contributed by atoms with Crippen molar-refractivity contribution < 1.29 is 19.1 Å². The molecule has 134 valence electrons. The second-order valence-electron chi connectivity index (χ2n) is 6.31. The van der Waals surface area contributed by atoms with E-state index in [1.165, 1.54) is 10.9 Å². The predicted octanol–water partition coefficient (Wildman–Crippen LogP) is 2.33. The van der Waals surface area contributed by atoms with E-state index in [9.17, 15) is 9.59 Å². The number of aromatic amines is 1. The van der Waals surface area contributed by atoms with Crippen molar-refractivity contribution in [3.63, 3.8) is 0 Å². The van der Waals surface area contributed by atoms with Crippen LogP contribution in [0.15, 0.2) is 30.5 Å². The van der Waals surface area contributed by atoms with Crippen molar-refractivity contribution in [2.24, 2.45) is 0 Å². The fraction of sp³-hybridized carbons (Fsp3) is 0.474. The summed E-state index contributed by atoms with van der Waals surface area (Å²) in [5, 5.41) is 3.92. The van der Waals surface area contributed by atoms with Gasteiger partial charge in [0.15, 0.2) is 6.61 Å². The van der Waals surface area contributed by atoms with Crippen LogP contribution >= 0.6 is 0 Å². The van der Waals surface area contributed by atoms with Gasteiger partial charge in [0.05, 0.1) is 6.10 Å². The lowest BCUT2D eigenvalue weighted by Gasteiger charge is -2.10. The van der Waals surface area contributed by atoms with Crippen LogP contribution in [0, 0.1) is 0 Å². The van der Waals surface area contributed by atoms with E-state index in [4.69, 9.17) is 9.47 Å². The summed E-state index contributed by atoms with van der Waals surface area (Å²) in [5.74, 6) is -0.618. The van der Waals surface area contributed by atoms with Gasteiger partial charge in [0.1, 0.15) is 0 Å². The van der Waals surface area contributed by atoms with E-state index < -0.39 is 0 Å². The molecule has 1 aromatic heterocycles. The van der Waals surface area contributed by atoms with Crippen LogP contribution in [-0.2, 0) is 25.5 Å². The number of ether oxygens (including phenoxy) is 2. The number of hydrogen-bond donors (Lipinski definition) is 2. The van der Waals surface area contributed by atoms with E-state index in [2.05, 4.69) is 16.4 Å². The lowest BCUT2D eigenvalue weighted by Crippen LogP contribution is -2.34. The summed E-state index contributed by atoms with van der Waals surface area (Å²) < 4.78 is 10.4. The Bertz CT molecular complexity index is 719. The summed E-state index contributed by atoms with van der Waals surface area (Å²) in [5.41, 5.74) is 2.29. The van der Waals surface area contributed by atoms with E-state index >= 15 is 0 Å². The Morgan fingerprint density at radius 1 is 1.32 bits per heavy atom. The SMILES string of the molecule is O=C(COC(=O)CCCc1c[nH]c2ccccc12)NCC1CCCO1. The molecule has 1 saturated heterocycles. The standard InChI is InChI=1S/C19H24N2O4/c22-18(21-12-15-6-4-10-24-15)13-25-19(23)9-3-5-14-11-20-17-8-2-1-7-16(14)17/h1-2,7-8,11,15,20H,3-6,9-10,12-13H2,(H,21,22). The van der Waals surface area contributed by atoms with E-state index in [0.717, 1.165) is 31.4 Å². The molecule has 0 saturated carbocycles. The van der Waals surface area contributed by atoms with Gasteiger partial charge in [-0.15, -0.1) is 0 Å². The molecule has 3 rings (SSSR count). The average Bonchev–Trinajstić information content (AvgIpc) is 3.28. The summed E-state index contributed by atoms with van der Waals surface area (Å²) in [6.45, 7) is 1.02. The van der Waals surface area contributed by atoms with Gasteiger partial charge in [-0.1, -0.05) is 18.2 Å². The van der Waals surface area contributed by atoms with Gasteiger partial charge < -0.3 is 19.8 Å². The zero-order chi connectivity index (χ0) is 17.5. The van der Waals surface area contributed by atoms with E-state index in [-0.39, 0.29) is 24.6 Å². The van der Waals surface area contributed by atoms with Crippen LogP contribution in [0.25, 0.3) is 10.9 Å². The number of aromatic nitrogens is 1. The zero-order valence-corrected chi connectivity index (χ0v) is 14.3. The van der Waals surface area contributed by atoms with Crippen LogP contribution in [0.5, 0.6) is 0 Å². The first-order valence-electron chi connectivity index (χ1n) is 8.81. The van der Waals surface area contributed by atoms with Crippen molar-refractivity contribution in [2.75, 3.05) is 19.8 Å². The summed E-state index contributed by atoms with van der Waals surface area (Å²) in [6.07, 6.45) is 5.87. The summed E-state index contributed by atoms with van der Waals surface area (Å²) in [4.78, 5) is 26.7. The molecule has 6 heteroatoms. The van der Waals surface area contributed by atoms with Gasteiger partial charge in [-0.3, -0.25) is 9.59 Å². The second kappa shape index (κ2) is 8.67. The maximum atomic E-state index is 11.8. The van der Waals surface area contributed by atoms with Crippen molar-refractivity contribution in [3.05, 3.63) is 36.0 Å². The minimum atomic E-state index is -0.341. The molecule has 0 aliphatic carbocycles. The largest absolute Gasteiger partial charge is 0.456 e. The molecule has 0 spiro atoms. The molecule has 2 aromatic rings. The molecule has 1 fully saturated rings. The molecule has 0 radical (unpaired) electrons. The zero-order valence-electron chi connectivity index (χ0n) is 14.3. The molecule has 1 atom stereocenters. The maximum Gasteiger partial charge on any atom is 0.306 e. The molecular formula is C19H24N2O4. The topological polar surface area (TPSA) is 80.4 Å². The average molecular weight is 344 g/mol. The number of rotatable bonds is 8. The Balaban J connectivity index is 1.32. The number of carbonyl (C=O) groups excluding carboxylic acids is 2. The fourth-order valence-corrected chi connectivity index (χ4v) is 3.06. The molecular weight excluding hydrogens is 320 g/mol. The van der Waals surface area contributed by atoms with Gasteiger partial charge in [-0.2, -0.15) is 0 Å². The number of aryl methyl sites for hydroxylation is 1. The monoisotopic (exact) mass is 344 g/mol. The minimum Gasteiger partial charge on any atom is -0.456 e. The summed E-state index contributed by atoms with van der Waals surface area (Å²) >= 11 is 0. The first kappa shape index (κ1) is 17.5. The highest BCUT2D eigenvalue weighted by molar-refractivity contribution is 5.83. The number of carbonyl (C=O) groups is 2. The lowest BCUT2D eigenvalue weighted by molar-refractivity contribution is -0.148. The first-order valence-corrected chi connectivity index (χ1v) is 8.81. The Hall–Kier alpha value is -2.34. The quantitative estimate of drug-likeness (QED) is 0.720. The smallest absolute Gasteiger partial charge is 0.306 e. The van der Waals surface area contributed by atoms with Crippen molar-refractivity contribution in [3.8, 4) is 0 Å². The van der Waals surface area contributed by atoms with Crippen LogP contribution < -0.4 is 5.32 Å². The highest BCUT2D eigenvalue weighted by atomic mass is 16.5. The first-order chi connectivity index (χ1) is 12.2. The Morgan fingerprint density at radius 2 is 2.20 bits per heavy atom. The number of amides is 1. The molecule has 1 amide bonds. The number of esters is 1. The summed E-state index contributed by atoms with van der Waals surface area (Å²) in [6, 6.07) is 8.09. The third-order valence-electron chi connectivity index (χ3n) is 4.42. The molecule has 2 N–H and O–H groups in total. The van der Waals surface area contributed by atoms with Gasteiger partial charge in [-0.05, 0) is 37.3 Å². The lowest BCUT2D eigenvalue weighted by atomic mass is 10.1. The summed E-state index contributed by atoms with van der Waals surface area (Å²) in [7, 11) is 0. The fourth-order valence-electron chi connectivity index (χ4n) is 3.06. The van der Waals surface area contributed by atoms with E-state index in [1.54, 1.807) is 0 Å². The van der Waals surface area contributed by atoms with Crippen LogP contribution in [-0.4, -0.2) is 42.7 Å². The number of benzene rings is 1. The molecule has 0 bridgehead atoms. The molecule has 1 aliphatic rings. The van der Waals surface area contributed by atoms with Gasteiger partial charge in [0.25, 0.3) is 5.91 Å². The maximum absolute atomic E-state index is 11.8. The van der Waals surface area contributed by atoms with Crippen molar-refractivity contribution in [1.29, 1.82) is 0 Å². The molecule has 25 heavy (non-hydrogen) atoms. The van der Waals surface area contributed by atoms with Gasteiger partial charge in [-0.25, -0.2) is 0 Å². The number of H-pyrrole nitrogens is 1. The third kappa shape index (κ3) is 5.06. The molecule has 2 heterocycles. The highest BCUT2D eigenvalue weighted by Crippen LogP contribution is 2.19. The van der Waals surface area contributed by atoms with Crippen LogP contribution in [0.3, 0.4) is 0 Å². The van der Waals surface area contributed by atoms with Crippen LogP contribution in [0.1, 0.15) is 31.2 Å². The molecule has 6 nitrogen and oxygen atoms in total. The Labute approximate surface area is 146 Å². The third-order valence-corrected chi connectivity index (χ3v) is 4.42. The minimum absolute atomic E-state index is 0.0934. The van der Waals surface area contributed by atoms with Gasteiger partial charge in [0, 0.05) is 36.7 Å². The van der Waals surface area contributed by atoms with Crippen LogP contribution in [0.2, 0.25) is 0 Å². The number of hydrogen-bond acceptors (Lipinski definition) is 4. The Kier molecular flexibility index (Phi) is 6.06. The molecule has 1 aromatic carbocycles.